The molecule has 2 rings (SSSR count). The molecule has 0 fully saturated rings. The molecule has 1 aliphatic heterocycles. The normalized spacial score (nSPS) is 21.1. The SMILES string of the molecule is CC1CN=C(NCCc2ncon2)SC1. The zero-order valence-electron chi connectivity index (χ0n) is 8.64. The smallest absolute Gasteiger partial charge is 0.213 e. The van der Waals surface area contributed by atoms with Crippen molar-refractivity contribution < 1.29 is 4.52 Å². The van der Waals surface area contributed by atoms with E-state index in [9.17, 15) is 0 Å². The van der Waals surface area contributed by atoms with Crippen LogP contribution in [0.3, 0.4) is 0 Å². The van der Waals surface area contributed by atoms with Crippen molar-refractivity contribution in [1.29, 1.82) is 0 Å². The summed E-state index contributed by atoms with van der Waals surface area (Å²) in [7, 11) is 0. The van der Waals surface area contributed by atoms with E-state index in [1.165, 1.54) is 6.39 Å². The van der Waals surface area contributed by atoms with E-state index < -0.39 is 0 Å². The number of amidine groups is 1. The van der Waals surface area contributed by atoms with Gasteiger partial charge in [-0.3, -0.25) is 4.99 Å². The van der Waals surface area contributed by atoms with Gasteiger partial charge in [-0.05, 0) is 5.92 Å². The fraction of sp³-hybridized carbons (Fsp3) is 0.667. The first kappa shape index (κ1) is 10.5. The zero-order valence-corrected chi connectivity index (χ0v) is 9.46. The third-order valence-corrected chi connectivity index (χ3v) is 3.37. The molecule has 0 aliphatic carbocycles. The van der Waals surface area contributed by atoms with Crippen molar-refractivity contribution in [2.45, 2.75) is 13.3 Å². The first-order valence-corrected chi connectivity index (χ1v) is 5.99. The molecule has 0 saturated heterocycles. The van der Waals surface area contributed by atoms with Crippen LogP contribution in [0.4, 0.5) is 0 Å². The second-order valence-electron chi connectivity index (χ2n) is 3.59. The highest BCUT2D eigenvalue weighted by Gasteiger charge is 2.11. The predicted molar refractivity (Wildman–Crippen MR) is 59.9 cm³/mol. The summed E-state index contributed by atoms with van der Waals surface area (Å²) in [4.78, 5) is 8.38. The molecule has 0 aromatic carbocycles. The van der Waals surface area contributed by atoms with E-state index in [0.717, 1.165) is 36.3 Å². The summed E-state index contributed by atoms with van der Waals surface area (Å²) in [5.41, 5.74) is 0. The Morgan fingerprint density at radius 1 is 1.67 bits per heavy atom. The molecule has 0 saturated carbocycles. The summed E-state index contributed by atoms with van der Waals surface area (Å²) in [5.74, 6) is 2.57. The molecule has 82 valence electrons. The van der Waals surface area contributed by atoms with Crippen molar-refractivity contribution in [3.05, 3.63) is 12.2 Å². The number of thioether (sulfide) groups is 1. The van der Waals surface area contributed by atoms with E-state index in [1.807, 2.05) is 0 Å². The Morgan fingerprint density at radius 3 is 3.27 bits per heavy atom. The van der Waals surface area contributed by atoms with E-state index in [0.29, 0.717) is 5.92 Å². The zero-order chi connectivity index (χ0) is 10.5. The van der Waals surface area contributed by atoms with Crippen LogP contribution in [-0.2, 0) is 6.42 Å². The van der Waals surface area contributed by atoms with Gasteiger partial charge < -0.3 is 9.84 Å². The predicted octanol–water partition coefficient (Wildman–Crippen LogP) is 0.941. The third kappa shape index (κ3) is 3.23. The molecular formula is C9H14N4OS. The molecule has 0 spiro atoms. The first-order chi connectivity index (χ1) is 7.34. The van der Waals surface area contributed by atoms with Gasteiger partial charge in [-0.2, -0.15) is 4.98 Å². The van der Waals surface area contributed by atoms with Crippen molar-refractivity contribution in [2.24, 2.45) is 10.9 Å². The van der Waals surface area contributed by atoms with Gasteiger partial charge in [-0.1, -0.05) is 23.8 Å². The van der Waals surface area contributed by atoms with Crippen LogP contribution in [0.2, 0.25) is 0 Å². The molecule has 1 aromatic rings. The summed E-state index contributed by atoms with van der Waals surface area (Å²) < 4.78 is 4.65. The summed E-state index contributed by atoms with van der Waals surface area (Å²) in [6.45, 7) is 3.95. The number of aromatic nitrogens is 2. The molecule has 0 bridgehead atoms. The van der Waals surface area contributed by atoms with Gasteiger partial charge in [0.05, 0.1) is 0 Å². The van der Waals surface area contributed by atoms with E-state index in [-0.39, 0.29) is 0 Å². The van der Waals surface area contributed by atoms with E-state index in [2.05, 4.69) is 31.9 Å². The largest absolute Gasteiger partial charge is 0.364 e. The summed E-state index contributed by atoms with van der Waals surface area (Å²) >= 11 is 1.78. The molecule has 0 amide bonds. The Bertz CT molecular complexity index is 325. The molecule has 1 aromatic heterocycles. The molecule has 0 radical (unpaired) electrons. The number of hydrogen-bond donors (Lipinski definition) is 1. The molecule has 1 atom stereocenters. The lowest BCUT2D eigenvalue weighted by Crippen LogP contribution is -2.28. The highest BCUT2D eigenvalue weighted by molar-refractivity contribution is 8.13. The Hall–Kier alpha value is -1.04. The molecule has 1 aliphatic rings. The molecule has 1 unspecified atom stereocenters. The fourth-order valence-electron chi connectivity index (χ4n) is 1.25. The van der Waals surface area contributed by atoms with Gasteiger partial charge in [0.25, 0.3) is 0 Å². The molecule has 15 heavy (non-hydrogen) atoms. The van der Waals surface area contributed by atoms with Crippen LogP contribution >= 0.6 is 11.8 Å². The number of aliphatic imine (C=N–C) groups is 1. The summed E-state index contributed by atoms with van der Waals surface area (Å²) in [6.07, 6.45) is 2.12. The van der Waals surface area contributed by atoms with Crippen molar-refractivity contribution >= 4 is 16.9 Å². The number of nitrogens with zero attached hydrogens (tertiary/aromatic N) is 3. The van der Waals surface area contributed by atoms with Crippen LogP contribution in [0.15, 0.2) is 15.9 Å². The minimum absolute atomic E-state index is 0.692. The number of hydrogen-bond acceptors (Lipinski definition) is 6. The van der Waals surface area contributed by atoms with Gasteiger partial charge in [0.15, 0.2) is 11.0 Å². The quantitative estimate of drug-likeness (QED) is 0.831. The molecule has 1 N–H and O–H groups in total. The van der Waals surface area contributed by atoms with Crippen molar-refractivity contribution in [3.63, 3.8) is 0 Å². The fourth-order valence-corrected chi connectivity index (χ4v) is 2.17. The molecular weight excluding hydrogens is 212 g/mol. The monoisotopic (exact) mass is 226 g/mol. The van der Waals surface area contributed by atoms with E-state index in [4.69, 9.17) is 0 Å². The van der Waals surface area contributed by atoms with Crippen molar-refractivity contribution in [1.82, 2.24) is 15.5 Å². The van der Waals surface area contributed by atoms with Crippen LogP contribution in [-0.4, -0.2) is 34.2 Å². The number of rotatable bonds is 3. The second kappa shape index (κ2) is 5.16. The highest BCUT2D eigenvalue weighted by atomic mass is 32.2. The number of nitrogens with one attached hydrogen (secondary N) is 1. The average molecular weight is 226 g/mol. The van der Waals surface area contributed by atoms with Gasteiger partial charge in [0, 0.05) is 25.3 Å². The maximum Gasteiger partial charge on any atom is 0.213 e. The van der Waals surface area contributed by atoms with Crippen LogP contribution in [0.25, 0.3) is 0 Å². The Balaban J connectivity index is 1.70. The minimum Gasteiger partial charge on any atom is -0.364 e. The van der Waals surface area contributed by atoms with Gasteiger partial charge in [0.2, 0.25) is 6.39 Å². The van der Waals surface area contributed by atoms with Gasteiger partial charge in [-0.25, -0.2) is 0 Å². The van der Waals surface area contributed by atoms with Crippen LogP contribution in [0.5, 0.6) is 0 Å². The molecule has 5 nitrogen and oxygen atoms in total. The lowest BCUT2D eigenvalue weighted by molar-refractivity contribution is 0.410. The minimum atomic E-state index is 0.692. The maximum absolute atomic E-state index is 4.65. The Labute approximate surface area is 92.7 Å². The Kier molecular flexibility index (Phi) is 3.60. The Morgan fingerprint density at radius 2 is 2.60 bits per heavy atom. The van der Waals surface area contributed by atoms with E-state index >= 15 is 0 Å². The van der Waals surface area contributed by atoms with Crippen LogP contribution in [0.1, 0.15) is 12.7 Å². The average Bonchev–Trinajstić information content (AvgIpc) is 2.74. The summed E-state index contributed by atoms with van der Waals surface area (Å²) in [6, 6.07) is 0. The van der Waals surface area contributed by atoms with E-state index in [1.54, 1.807) is 11.8 Å². The topological polar surface area (TPSA) is 63.3 Å². The van der Waals surface area contributed by atoms with Gasteiger partial charge in [-0.15, -0.1) is 0 Å². The molecule has 2 heterocycles. The highest BCUT2D eigenvalue weighted by Crippen LogP contribution is 2.15. The standard InChI is InChI=1S/C9H14N4OS/c1-7-4-11-9(15-5-7)10-3-2-8-12-6-14-13-8/h6-7H,2-5H2,1H3,(H,10,11). The van der Waals surface area contributed by atoms with Crippen molar-refractivity contribution in [3.8, 4) is 0 Å². The van der Waals surface area contributed by atoms with Crippen molar-refractivity contribution in [2.75, 3.05) is 18.8 Å². The van der Waals surface area contributed by atoms with Crippen LogP contribution < -0.4 is 5.32 Å². The summed E-state index contributed by atoms with van der Waals surface area (Å²) in [5, 5.41) is 8.05. The lowest BCUT2D eigenvalue weighted by Gasteiger charge is -2.17. The van der Waals surface area contributed by atoms with Gasteiger partial charge >= 0.3 is 0 Å². The lowest BCUT2D eigenvalue weighted by atomic mass is 10.2. The maximum atomic E-state index is 4.65. The third-order valence-electron chi connectivity index (χ3n) is 2.08. The van der Waals surface area contributed by atoms with Gasteiger partial charge in [0.1, 0.15) is 0 Å². The molecule has 6 heteroatoms. The van der Waals surface area contributed by atoms with Crippen LogP contribution in [0, 0.1) is 5.92 Å². The first-order valence-electron chi connectivity index (χ1n) is 5.01. The second-order valence-corrected chi connectivity index (χ2v) is 4.59.